The first-order valence-corrected chi connectivity index (χ1v) is 15.0. The number of hydrogen-bond donors (Lipinski definition) is 4. The fourth-order valence-corrected chi connectivity index (χ4v) is 8.75. The smallest absolute Gasteiger partial charge is 0.336 e. The maximum Gasteiger partial charge on any atom is 0.336 e. The summed E-state index contributed by atoms with van der Waals surface area (Å²) in [6.45, 7) is 9.33. The Labute approximate surface area is 327 Å². The Bertz CT molecular complexity index is 1280. The summed E-state index contributed by atoms with van der Waals surface area (Å²) in [5.74, 6) is -3.88. The molecule has 0 spiro atoms. The van der Waals surface area contributed by atoms with Crippen molar-refractivity contribution in [1.29, 1.82) is 0 Å². The number of ketones is 1. The minimum Gasteiger partial charge on any atom is -0.459 e. The summed E-state index contributed by atoms with van der Waals surface area (Å²) in [4.78, 5) is 40.8. The zero-order chi connectivity index (χ0) is 30.3. The molecule has 1 unspecified atom stereocenters. The minimum absolute atomic E-state index is 0. The molecule has 1 aromatic heterocycles. The molecular weight excluding hydrogens is 1010 g/mol. The SMILES string of the molecule is CC(=O)O[C@H]1[C@@H]2[C@]3(O)CO[C@@H]3CC[C@@]2(C)C(=O)[C@H](O)C2=C(C)C(OC(=O)[C@H](O)[C@@H](C)c3cccs3)C[C@]1(O)C2(C)C.[Ac].[Ac]. The van der Waals surface area contributed by atoms with Crippen LogP contribution in [0.5, 0.6) is 0 Å². The van der Waals surface area contributed by atoms with Gasteiger partial charge < -0.3 is 34.6 Å². The van der Waals surface area contributed by atoms with E-state index in [4.69, 9.17) is 14.2 Å². The molecular formula is C30H40Ac2O10S. The van der Waals surface area contributed by atoms with Crippen molar-refractivity contribution in [2.75, 3.05) is 6.61 Å². The summed E-state index contributed by atoms with van der Waals surface area (Å²) < 4.78 is 17.3. The molecule has 4 aliphatic rings. The number of aliphatic hydroxyl groups excluding tert-OH is 2. The van der Waals surface area contributed by atoms with Crippen LogP contribution in [0.2, 0.25) is 0 Å². The third-order valence-electron chi connectivity index (χ3n) is 10.5. The number of thiophene rings is 1. The second-order valence-corrected chi connectivity index (χ2v) is 14.0. The van der Waals surface area contributed by atoms with Gasteiger partial charge in [0.25, 0.3) is 0 Å². The van der Waals surface area contributed by atoms with Gasteiger partial charge in [-0.25, -0.2) is 4.79 Å². The first-order valence-electron chi connectivity index (χ1n) is 14.1. The summed E-state index contributed by atoms with van der Waals surface area (Å²) in [5.41, 5.74) is -5.75. The van der Waals surface area contributed by atoms with E-state index in [-0.39, 0.29) is 113 Å². The van der Waals surface area contributed by atoms with E-state index in [2.05, 4.69) is 0 Å². The average molecular weight is 1050 g/mol. The van der Waals surface area contributed by atoms with E-state index >= 15 is 0 Å². The van der Waals surface area contributed by atoms with Crippen molar-refractivity contribution >= 4 is 29.1 Å². The summed E-state index contributed by atoms with van der Waals surface area (Å²) in [6, 6.07) is 3.62. The number of ether oxygens (including phenoxy) is 3. The quantitative estimate of drug-likeness (QED) is 0.254. The Morgan fingerprint density at radius 3 is 2.35 bits per heavy atom. The fourth-order valence-electron chi connectivity index (χ4n) is 7.94. The molecule has 3 fully saturated rings. The van der Waals surface area contributed by atoms with Crippen LogP contribution in [0, 0.1) is 105 Å². The van der Waals surface area contributed by atoms with Gasteiger partial charge in [-0.2, -0.15) is 0 Å². The van der Waals surface area contributed by atoms with Crippen molar-refractivity contribution < 1.29 is 137 Å². The molecule has 2 heterocycles. The van der Waals surface area contributed by atoms with Gasteiger partial charge in [-0.15, -0.1) is 11.3 Å². The van der Waals surface area contributed by atoms with E-state index in [9.17, 15) is 34.8 Å². The predicted molar refractivity (Wildman–Crippen MR) is 147 cm³/mol. The molecule has 232 valence electrons. The van der Waals surface area contributed by atoms with Gasteiger partial charge in [-0.05, 0) is 42.4 Å². The average Bonchev–Trinajstić information content (AvgIpc) is 3.43. The number of hydrogen-bond acceptors (Lipinski definition) is 11. The first kappa shape index (κ1) is 38.2. The van der Waals surface area contributed by atoms with Crippen molar-refractivity contribution in [2.24, 2.45) is 16.7 Å². The monoisotopic (exact) mass is 1050 g/mol. The third kappa shape index (κ3) is 5.89. The molecule has 13 heteroatoms. The van der Waals surface area contributed by atoms with Crippen LogP contribution in [0.25, 0.3) is 0 Å². The van der Waals surface area contributed by atoms with Gasteiger partial charge in [-0.3, -0.25) is 9.59 Å². The third-order valence-corrected chi connectivity index (χ3v) is 11.6. The van der Waals surface area contributed by atoms with Crippen LogP contribution in [0.3, 0.4) is 0 Å². The van der Waals surface area contributed by atoms with Crippen molar-refractivity contribution in [2.45, 2.75) is 108 Å². The Balaban J connectivity index is 0.00000253. The van der Waals surface area contributed by atoms with Crippen LogP contribution >= 0.6 is 11.3 Å². The van der Waals surface area contributed by atoms with Crippen LogP contribution in [0.4, 0.5) is 0 Å². The van der Waals surface area contributed by atoms with Gasteiger partial charge in [0, 0.05) is 129 Å². The molecule has 0 aromatic carbocycles. The molecule has 10 nitrogen and oxygen atoms in total. The molecule has 0 amide bonds. The van der Waals surface area contributed by atoms with E-state index in [0.29, 0.717) is 12.0 Å². The molecule has 1 aliphatic heterocycles. The van der Waals surface area contributed by atoms with Crippen molar-refractivity contribution in [3.63, 3.8) is 0 Å². The van der Waals surface area contributed by atoms with Crippen molar-refractivity contribution in [3.05, 3.63) is 33.5 Å². The van der Waals surface area contributed by atoms with Crippen LogP contribution < -0.4 is 0 Å². The number of rotatable bonds is 5. The van der Waals surface area contributed by atoms with E-state index in [1.54, 1.807) is 40.7 Å². The fraction of sp³-hybridized carbons (Fsp3) is 0.700. The molecule has 2 saturated carbocycles. The second kappa shape index (κ2) is 13.3. The number of carbonyl (C=O) groups is 3. The maximum atomic E-state index is 14.2. The molecule has 1 aromatic rings. The van der Waals surface area contributed by atoms with Gasteiger partial charge in [0.2, 0.25) is 0 Å². The van der Waals surface area contributed by atoms with Crippen LogP contribution in [-0.4, -0.2) is 86.5 Å². The number of fused-ring (bicyclic) bond motifs is 5. The standard InChI is InChI=1S/C30H40O10S.2Ac/c1-14-17(40-26(35)21(32)15(2)18-8-7-11-41-18)12-30(37)25(39-16(3)31)23-28(6,10-9-19-29(23,36)13-38-19)24(34)22(33)20(14)27(30,4)5;;/h7-8,11,15,17,19,21-23,25,32-33,36-37H,9-10,12-13H2,1-6H3;;/t15-,17?,19+,21+,22+,23-,25-,28+,29-,30+;;/m0../s1. The number of aliphatic hydroxyl groups is 4. The van der Waals surface area contributed by atoms with E-state index in [0.717, 1.165) is 4.88 Å². The van der Waals surface area contributed by atoms with Crippen LogP contribution in [0.1, 0.15) is 71.6 Å². The molecule has 1 saturated heterocycles. The maximum absolute atomic E-state index is 14.2. The Morgan fingerprint density at radius 1 is 1.16 bits per heavy atom. The zero-order valence-electron chi connectivity index (χ0n) is 25.4. The summed E-state index contributed by atoms with van der Waals surface area (Å²) in [6.07, 6.45) is -6.04. The number of Topliss-reactive ketones (excluding diaryl/α,β-unsaturated/α-hetero) is 1. The van der Waals surface area contributed by atoms with E-state index in [1.165, 1.54) is 18.3 Å². The van der Waals surface area contributed by atoms with Gasteiger partial charge in [0.05, 0.1) is 12.7 Å². The first-order chi connectivity index (χ1) is 19.0. The van der Waals surface area contributed by atoms with Crippen molar-refractivity contribution in [3.8, 4) is 0 Å². The summed E-state index contributed by atoms with van der Waals surface area (Å²) in [5, 5.41) is 48.9. The Hall–Kier alpha value is 0.733. The van der Waals surface area contributed by atoms with Crippen LogP contribution in [0.15, 0.2) is 28.7 Å². The minimum atomic E-state index is -2.00. The molecule has 43 heavy (non-hydrogen) atoms. The molecule has 4 N–H and O–H groups in total. The zero-order valence-corrected chi connectivity index (χ0v) is 35.7. The Kier molecular flexibility index (Phi) is 11.8. The molecule has 5 rings (SSSR count). The summed E-state index contributed by atoms with van der Waals surface area (Å²) >= 11 is 1.39. The molecule has 10 atom stereocenters. The van der Waals surface area contributed by atoms with Crippen molar-refractivity contribution in [1.82, 2.24) is 0 Å². The largest absolute Gasteiger partial charge is 0.459 e. The molecule has 3 aliphatic carbocycles. The summed E-state index contributed by atoms with van der Waals surface area (Å²) in [7, 11) is 0. The molecule has 2 radical (unpaired) electrons. The topological polar surface area (TPSA) is 160 Å². The Morgan fingerprint density at radius 2 is 1.81 bits per heavy atom. The number of carbonyl (C=O) groups excluding carboxylic acids is 3. The molecule has 2 bridgehead atoms. The van der Waals surface area contributed by atoms with Gasteiger partial charge in [-0.1, -0.05) is 33.8 Å². The van der Waals surface area contributed by atoms with Gasteiger partial charge in [0.15, 0.2) is 11.9 Å². The predicted octanol–water partition coefficient (Wildman–Crippen LogP) is 2.02. The normalized spacial score (nSPS) is 39.2. The van der Waals surface area contributed by atoms with Crippen LogP contribution in [-0.2, 0) is 28.6 Å². The van der Waals surface area contributed by atoms with E-state index < -0.39 is 82.1 Å². The van der Waals surface area contributed by atoms with E-state index in [1.807, 2.05) is 11.4 Å². The van der Waals surface area contributed by atoms with Gasteiger partial charge in [0.1, 0.15) is 29.5 Å². The number of esters is 2. The van der Waals surface area contributed by atoms with Gasteiger partial charge >= 0.3 is 11.9 Å². The second-order valence-electron chi connectivity index (χ2n) is 13.0.